The maximum absolute atomic E-state index is 12.4. The Morgan fingerprint density at radius 3 is 1.67 bits per heavy atom. The summed E-state index contributed by atoms with van der Waals surface area (Å²) in [6.45, 7) is 3.83. The molecule has 15 heteroatoms. The summed E-state index contributed by atoms with van der Waals surface area (Å²) in [5.74, 6) is 1.32. The monoisotopic (exact) mass is 886 g/mol. The Labute approximate surface area is 316 Å². The minimum atomic E-state index is -0.495. The third kappa shape index (κ3) is 11.6. The molecule has 51 heavy (non-hydrogen) atoms. The normalized spacial score (nSPS) is 10.3. The van der Waals surface area contributed by atoms with Crippen molar-refractivity contribution in [2.45, 2.75) is 40.2 Å². The van der Waals surface area contributed by atoms with E-state index in [0.717, 1.165) is 8.92 Å². The average molecular weight is 886 g/mol. The second kappa shape index (κ2) is 20.2. The van der Waals surface area contributed by atoms with Crippen LogP contribution in [0.5, 0.6) is 11.5 Å². The molecule has 0 unspecified atom stereocenters. The molecule has 6 rings (SSSR count). The first-order valence-corrected chi connectivity index (χ1v) is 19.1. The van der Waals surface area contributed by atoms with E-state index < -0.39 is 11.4 Å². The molecule has 0 atom stereocenters. The molecule has 0 radical (unpaired) electrons. The first-order valence-electron chi connectivity index (χ1n) is 15.6. The van der Waals surface area contributed by atoms with Gasteiger partial charge in [0.1, 0.15) is 10.4 Å². The number of para-hydroxylation sites is 2. The Morgan fingerprint density at radius 1 is 0.686 bits per heavy atom. The molecular weight excluding hydrogens is 850 g/mol. The number of aromatic nitrogens is 6. The fraction of sp³-hybridized carbons (Fsp3) is 0.167. The van der Waals surface area contributed by atoms with E-state index in [2.05, 4.69) is 51.9 Å². The molecule has 4 heterocycles. The summed E-state index contributed by atoms with van der Waals surface area (Å²) < 4.78 is 17.4. The van der Waals surface area contributed by atoms with Gasteiger partial charge in [-0.25, -0.2) is 4.79 Å². The summed E-state index contributed by atoms with van der Waals surface area (Å²) in [5.41, 5.74) is -0.514. The van der Waals surface area contributed by atoms with Gasteiger partial charge in [-0.05, 0) is 34.5 Å². The van der Waals surface area contributed by atoms with E-state index in [9.17, 15) is 19.2 Å². The van der Waals surface area contributed by atoms with Crippen LogP contribution in [0.25, 0.3) is 0 Å². The first-order chi connectivity index (χ1) is 24.7. The van der Waals surface area contributed by atoms with Crippen molar-refractivity contribution in [2.24, 2.45) is 0 Å². The molecule has 2 aromatic carbocycles. The van der Waals surface area contributed by atoms with Gasteiger partial charge in [-0.2, -0.15) is 0 Å². The van der Waals surface area contributed by atoms with E-state index in [1.807, 2.05) is 86.6 Å². The predicted molar refractivity (Wildman–Crippen MR) is 204 cm³/mol. The molecule has 264 valence electrons. The van der Waals surface area contributed by atoms with Crippen molar-refractivity contribution < 1.29 is 9.47 Å². The van der Waals surface area contributed by atoms with Gasteiger partial charge in [0, 0.05) is 5.56 Å². The van der Waals surface area contributed by atoms with Crippen molar-refractivity contribution in [1.29, 1.82) is 0 Å². The maximum atomic E-state index is 12.4. The molecule has 0 aliphatic rings. The predicted octanol–water partition coefficient (Wildman–Crippen LogP) is 1.69. The van der Waals surface area contributed by atoms with Gasteiger partial charge in [-0.1, -0.05) is 25.1 Å². The zero-order chi connectivity index (χ0) is 36.6. The van der Waals surface area contributed by atoms with Crippen LogP contribution in [-0.4, -0.2) is 60.0 Å². The van der Waals surface area contributed by atoms with Gasteiger partial charge in [0.15, 0.2) is 6.73 Å². The first kappa shape index (κ1) is 39.0. The number of ether oxygens (including phenoxy) is 2. The number of halogens is 1. The van der Waals surface area contributed by atoms with E-state index in [0.29, 0.717) is 44.7 Å². The molecule has 0 aliphatic heterocycles. The van der Waals surface area contributed by atoms with Crippen molar-refractivity contribution in [3.8, 4) is 11.5 Å². The number of nitrogens with one attached hydrogen (secondary N) is 2. The number of nitrogens with zero attached hydrogens (tertiary/aromatic N) is 4. The van der Waals surface area contributed by atoms with Gasteiger partial charge in [0.05, 0.1) is 0 Å². The molecule has 0 spiro atoms. The Morgan fingerprint density at radius 2 is 1.20 bits per heavy atom. The summed E-state index contributed by atoms with van der Waals surface area (Å²) in [6.07, 6.45) is 8.09. The van der Waals surface area contributed by atoms with Crippen LogP contribution in [0.4, 0.5) is 0 Å². The molecular formula is C36H35BrN6O6Se2. The zero-order valence-electron chi connectivity index (χ0n) is 27.7. The summed E-state index contributed by atoms with van der Waals surface area (Å²) in [7, 11) is 0. The number of hydrogen-bond donors (Lipinski definition) is 2. The SMILES string of the molecule is CCc1c(Br)n(COc2ccccc2)c(=O)[nH]c1=O.CCc1c([Se]c2cccnc2)n(COc2ccccc2)c(=O)[nH]c1=O.[SeH]c1cccnc1. The number of hydrogen-bond acceptors (Lipinski definition) is 8. The Balaban J connectivity index is 0.000000197. The van der Waals surface area contributed by atoms with E-state index in [1.165, 1.54) is 9.13 Å². The fourth-order valence-electron chi connectivity index (χ4n) is 4.33. The minimum absolute atomic E-state index is 0.0349. The van der Waals surface area contributed by atoms with Crippen molar-refractivity contribution in [2.75, 3.05) is 0 Å². The number of pyridine rings is 2. The second-order valence-corrected chi connectivity index (χ2v) is 14.4. The summed E-state index contributed by atoms with van der Waals surface area (Å²) >= 11 is 5.48. The van der Waals surface area contributed by atoms with Crippen LogP contribution in [0.1, 0.15) is 25.0 Å². The Kier molecular flexibility index (Phi) is 15.4. The van der Waals surface area contributed by atoms with Crippen LogP contribution >= 0.6 is 15.9 Å². The molecule has 0 saturated heterocycles. The van der Waals surface area contributed by atoms with E-state index in [-0.39, 0.29) is 39.5 Å². The number of aromatic amines is 2. The molecule has 4 aromatic heterocycles. The van der Waals surface area contributed by atoms with Gasteiger partial charge < -0.3 is 4.74 Å². The molecule has 12 nitrogen and oxygen atoms in total. The number of H-pyrrole nitrogens is 2. The van der Waals surface area contributed by atoms with Gasteiger partial charge in [-0.15, -0.1) is 0 Å². The van der Waals surface area contributed by atoms with E-state index >= 15 is 0 Å². The van der Waals surface area contributed by atoms with Crippen molar-refractivity contribution >= 4 is 60.4 Å². The summed E-state index contributed by atoms with van der Waals surface area (Å²) in [6, 6.07) is 26.1. The third-order valence-corrected chi connectivity index (χ3v) is 10.7. The quantitative estimate of drug-likeness (QED) is 0.156. The topological polar surface area (TPSA) is 154 Å². The molecule has 0 saturated carbocycles. The molecule has 0 aliphatic carbocycles. The van der Waals surface area contributed by atoms with Crippen LogP contribution in [0.15, 0.2) is 133 Å². The average Bonchev–Trinajstić information content (AvgIpc) is 3.14. The zero-order valence-corrected chi connectivity index (χ0v) is 32.9. The van der Waals surface area contributed by atoms with Crippen LogP contribution in [0.3, 0.4) is 0 Å². The van der Waals surface area contributed by atoms with Gasteiger partial charge >= 0.3 is 206 Å². The molecule has 0 amide bonds. The van der Waals surface area contributed by atoms with Gasteiger partial charge in [0.2, 0.25) is 0 Å². The van der Waals surface area contributed by atoms with Crippen LogP contribution in [0.2, 0.25) is 0 Å². The van der Waals surface area contributed by atoms with Crippen LogP contribution in [0, 0.1) is 0 Å². The standard InChI is InChI=1S/C18H17N3O3Se.C13H13BrN2O3.C5H5NSe/c1-2-15-16(22)20-18(23)21(12-24-13-7-4-3-5-8-13)17(15)25-14-9-6-10-19-11-14;1-2-10-11(14)16(13(18)15-12(10)17)8-19-9-6-4-3-5-7-9;7-5-2-1-3-6-4-5/h3-11H,2,12H2,1H3,(H,20,22,23);3-7H,2,8H2,1H3,(H,15,17,18);1-4,7H. The van der Waals surface area contributed by atoms with Crippen molar-refractivity contribution in [3.63, 3.8) is 0 Å². The number of rotatable bonds is 10. The Bertz CT molecular complexity index is 2220. The summed E-state index contributed by atoms with van der Waals surface area (Å²) in [5, 5.41) is 0. The third-order valence-electron chi connectivity index (χ3n) is 6.88. The van der Waals surface area contributed by atoms with E-state index in [4.69, 9.17) is 9.47 Å². The van der Waals surface area contributed by atoms with Crippen molar-refractivity contribution in [3.05, 3.63) is 167 Å². The molecule has 2 N–H and O–H groups in total. The number of benzene rings is 2. The Hall–Kier alpha value is -4.78. The summed E-state index contributed by atoms with van der Waals surface area (Å²) in [4.78, 5) is 60.5. The fourth-order valence-corrected chi connectivity index (χ4v) is 7.66. The van der Waals surface area contributed by atoms with Crippen molar-refractivity contribution in [1.82, 2.24) is 29.1 Å². The molecule has 0 fully saturated rings. The second-order valence-electron chi connectivity index (χ2n) is 10.3. The van der Waals surface area contributed by atoms with E-state index in [1.54, 1.807) is 36.9 Å². The molecule has 0 bridgehead atoms. The van der Waals surface area contributed by atoms with Gasteiger partial charge in [-0.3, -0.25) is 14.3 Å². The van der Waals surface area contributed by atoms with Crippen LogP contribution < -0.4 is 45.5 Å². The van der Waals surface area contributed by atoms with Gasteiger partial charge in [0.25, 0.3) is 5.56 Å². The van der Waals surface area contributed by atoms with Crippen LogP contribution in [-0.2, 0) is 26.3 Å². The molecule has 6 aromatic rings.